The predicted octanol–water partition coefficient (Wildman–Crippen LogP) is 4.69. The number of nitro benzene ring substituents is 1. The number of anilines is 1. The molecule has 0 unspecified atom stereocenters. The summed E-state index contributed by atoms with van der Waals surface area (Å²) in [6.07, 6.45) is 0. The van der Waals surface area contributed by atoms with E-state index in [2.05, 4.69) is 0 Å². The van der Waals surface area contributed by atoms with Gasteiger partial charge in [0.25, 0.3) is 17.5 Å². The van der Waals surface area contributed by atoms with Gasteiger partial charge in [-0.1, -0.05) is 12.1 Å². The van der Waals surface area contributed by atoms with E-state index in [4.69, 9.17) is 0 Å². The first-order valence-electron chi connectivity index (χ1n) is 9.28. The monoisotopic (exact) mass is 402 g/mol. The third-order valence-corrected chi connectivity index (χ3v) is 5.57. The van der Waals surface area contributed by atoms with Crippen molar-refractivity contribution in [2.45, 2.75) is 20.8 Å². The summed E-state index contributed by atoms with van der Waals surface area (Å²) in [6, 6.07) is 12.5. The van der Waals surface area contributed by atoms with E-state index in [0.717, 1.165) is 38.8 Å². The molecule has 1 N–H and O–H groups in total. The van der Waals surface area contributed by atoms with E-state index in [0.29, 0.717) is 5.69 Å². The number of aryl methyl sites for hydroxylation is 1. The van der Waals surface area contributed by atoms with Crippen molar-refractivity contribution in [3.05, 3.63) is 86.5 Å². The Bertz CT molecular complexity index is 1250. The molecule has 0 radical (unpaired) electrons. The third-order valence-electron chi connectivity index (χ3n) is 5.57. The number of hydrogen-bond donors (Lipinski definition) is 1. The van der Waals surface area contributed by atoms with E-state index in [9.17, 15) is 24.8 Å². The Labute approximate surface area is 172 Å². The highest BCUT2D eigenvalue weighted by atomic mass is 16.6. The van der Waals surface area contributed by atoms with Crippen molar-refractivity contribution >= 4 is 23.2 Å². The van der Waals surface area contributed by atoms with Crippen LogP contribution >= 0.6 is 0 Å². The zero-order valence-corrected chi connectivity index (χ0v) is 16.6. The van der Waals surface area contributed by atoms with Crippen LogP contribution in [-0.4, -0.2) is 21.8 Å². The molecule has 0 aromatic heterocycles. The van der Waals surface area contributed by atoms with Crippen LogP contribution in [0.5, 0.6) is 5.75 Å². The SMILES string of the molecule is Cc1cc(-c2ccc(N3C(=O)c4ccc([N+](=O)[O-])cc4C3=O)cc2)c(C)c(C)c1O. The van der Waals surface area contributed by atoms with E-state index < -0.39 is 16.7 Å². The Morgan fingerprint density at radius 2 is 1.47 bits per heavy atom. The molecule has 0 spiro atoms. The van der Waals surface area contributed by atoms with Crippen LogP contribution in [0.4, 0.5) is 11.4 Å². The number of aromatic hydroxyl groups is 1. The van der Waals surface area contributed by atoms with Gasteiger partial charge in [-0.25, -0.2) is 4.90 Å². The predicted molar refractivity (Wildman–Crippen MR) is 112 cm³/mol. The summed E-state index contributed by atoms with van der Waals surface area (Å²) in [4.78, 5) is 36.9. The number of nitrogens with zero attached hydrogens (tertiary/aromatic N) is 2. The minimum absolute atomic E-state index is 0.0268. The highest BCUT2D eigenvalue weighted by molar-refractivity contribution is 6.34. The van der Waals surface area contributed by atoms with Crippen molar-refractivity contribution in [1.82, 2.24) is 0 Å². The zero-order chi connectivity index (χ0) is 21.7. The number of phenolic OH excluding ortho intramolecular Hbond substituents is 1. The maximum Gasteiger partial charge on any atom is 0.270 e. The van der Waals surface area contributed by atoms with Crippen molar-refractivity contribution in [2.24, 2.45) is 0 Å². The molecule has 1 aliphatic rings. The number of non-ortho nitro benzene ring substituents is 1. The topological polar surface area (TPSA) is 101 Å². The van der Waals surface area contributed by atoms with Crippen LogP contribution in [0.3, 0.4) is 0 Å². The Morgan fingerprint density at radius 3 is 2.10 bits per heavy atom. The van der Waals surface area contributed by atoms with Crippen molar-refractivity contribution in [1.29, 1.82) is 0 Å². The Balaban J connectivity index is 1.71. The molecule has 1 aliphatic heterocycles. The number of carbonyl (C=O) groups is 2. The Morgan fingerprint density at radius 1 is 0.833 bits per heavy atom. The maximum absolute atomic E-state index is 12.8. The lowest BCUT2D eigenvalue weighted by Gasteiger charge is -2.16. The first kappa shape index (κ1) is 19.3. The summed E-state index contributed by atoms with van der Waals surface area (Å²) < 4.78 is 0. The molecule has 150 valence electrons. The van der Waals surface area contributed by atoms with Gasteiger partial charge in [-0.3, -0.25) is 19.7 Å². The van der Waals surface area contributed by atoms with Crippen molar-refractivity contribution in [3.63, 3.8) is 0 Å². The van der Waals surface area contributed by atoms with Gasteiger partial charge < -0.3 is 5.11 Å². The molecule has 7 nitrogen and oxygen atoms in total. The van der Waals surface area contributed by atoms with Crippen molar-refractivity contribution in [3.8, 4) is 16.9 Å². The molecule has 0 atom stereocenters. The molecular weight excluding hydrogens is 384 g/mol. The zero-order valence-electron chi connectivity index (χ0n) is 16.6. The molecule has 0 bridgehead atoms. The van der Waals surface area contributed by atoms with Crippen LogP contribution in [0.15, 0.2) is 48.5 Å². The van der Waals surface area contributed by atoms with Crippen LogP contribution in [0.25, 0.3) is 11.1 Å². The van der Waals surface area contributed by atoms with Gasteiger partial charge in [-0.05, 0) is 72.9 Å². The molecule has 3 aromatic rings. The van der Waals surface area contributed by atoms with Gasteiger partial charge in [0, 0.05) is 12.1 Å². The largest absolute Gasteiger partial charge is 0.507 e. The highest BCUT2D eigenvalue weighted by Gasteiger charge is 2.37. The minimum atomic E-state index is -0.598. The fraction of sp³-hybridized carbons (Fsp3) is 0.130. The molecule has 0 fully saturated rings. The fourth-order valence-electron chi connectivity index (χ4n) is 3.74. The molecular formula is C23H18N2O5. The molecule has 4 rings (SSSR count). The van der Waals surface area contributed by atoms with E-state index in [1.807, 2.05) is 26.8 Å². The average Bonchev–Trinajstić information content (AvgIpc) is 2.99. The Hall–Kier alpha value is -4.00. The number of hydrogen-bond acceptors (Lipinski definition) is 5. The quantitative estimate of drug-likeness (QED) is 0.389. The lowest BCUT2D eigenvalue weighted by Crippen LogP contribution is -2.29. The number of nitro groups is 1. The number of carbonyl (C=O) groups excluding carboxylic acids is 2. The van der Waals surface area contributed by atoms with Crippen molar-refractivity contribution in [2.75, 3.05) is 4.90 Å². The first-order valence-corrected chi connectivity index (χ1v) is 9.28. The van der Waals surface area contributed by atoms with Crippen LogP contribution < -0.4 is 4.90 Å². The fourth-order valence-corrected chi connectivity index (χ4v) is 3.74. The van der Waals surface area contributed by atoms with Gasteiger partial charge in [0.1, 0.15) is 5.75 Å². The van der Waals surface area contributed by atoms with Gasteiger partial charge in [-0.2, -0.15) is 0 Å². The third kappa shape index (κ3) is 2.83. The van der Waals surface area contributed by atoms with Gasteiger partial charge in [0.2, 0.25) is 0 Å². The van der Waals surface area contributed by atoms with E-state index in [1.54, 1.807) is 24.3 Å². The highest BCUT2D eigenvalue weighted by Crippen LogP contribution is 2.36. The van der Waals surface area contributed by atoms with Crippen molar-refractivity contribution < 1.29 is 19.6 Å². The second-order valence-corrected chi connectivity index (χ2v) is 7.32. The summed E-state index contributed by atoms with van der Waals surface area (Å²) in [5.41, 5.74) is 4.67. The molecule has 7 heteroatoms. The lowest BCUT2D eigenvalue weighted by atomic mass is 9.93. The molecule has 1 heterocycles. The van der Waals surface area contributed by atoms with Gasteiger partial charge in [0.15, 0.2) is 0 Å². The molecule has 30 heavy (non-hydrogen) atoms. The first-order chi connectivity index (χ1) is 14.2. The maximum atomic E-state index is 12.8. The van der Waals surface area contributed by atoms with E-state index in [-0.39, 0.29) is 22.6 Å². The number of amides is 2. The number of rotatable bonds is 3. The van der Waals surface area contributed by atoms with Crippen LogP contribution in [0.2, 0.25) is 0 Å². The second kappa shape index (κ2) is 6.81. The summed E-state index contributed by atoms with van der Waals surface area (Å²) in [6.45, 7) is 5.61. The van der Waals surface area contributed by atoms with Crippen LogP contribution in [0.1, 0.15) is 37.4 Å². The molecule has 0 aliphatic carbocycles. The number of fused-ring (bicyclic) bond motifs is 1. The Kier molecular flexibility index (Phi) is 4.38. The van der Waals surface area contributed by atoms with Gasteiger partial charge >= 0.3 is 0 Å². The summed E-state index contributed by atoms with van der Waals surface area (Å²) >= 11 is 0. The number of benzene rings is 3. The van der Waals surface area contributed by atoms with Crippen LogP contribution in [0, 0.1) is 30.9 Å². The summed E-state index contributed by atoms with van der Waals surface area (Å²) in [5.74, 6) is -0.822. The minimum Gasteiger partial charge on any atom is -0.507 e. The summed E-state index contributed by atoms with van der Waals surface area (Å²) in [7, 11) is 0. The average molecular weight is 402 g/mol. The van der Waals surface area contributed by atoms with E-state index in [1.165, 1.54) is 12.1 Å². The van der Waals surface area contributed by atoms with Crippen LogP contribution in [-0.2, 0) is 0 Å². The molecule has 2 amide bonds. The standard InChI is InChI=1S/C23H18N2O5/c1-12-10-19(13(2)14(3)21(12)26)15-4-6-16(7-5-15)24-22(27)18-9-8-17(25(29)30)11-20(18)23(24)28/h4-11,26H,1-3H3. The summed E-state index contributed by atoms with van der Waals surface area (Å²) in [5, 5.41) is 21.1. The lowest BCUT2D eigenvalue weighted by molar-refractivity contribution is -0.384. The van der Waals surface area contributed by atoms with Gasteiger partial charge in [0.05, 0.1) is 21.7 Å². The smallest absolute Gasteiger partial charge is 0.270 e. The number of imide groups is 1. The van der Waals surface area contributed by atoms with Gasteiger partial charge in [-0.15, -0.1) is 0 Å². The molecule has 0 saturated heterocycles. The molecule has 0 saturated carbocycles. The normalized spacial score (nSPS) is 13.0. The second-order valence-electron chi connectivity index (χ2n) is 7.32. The molecule has 3 aromatic carbocycles. The number of phenols is 1. The van der Waals surface area contributed by atoms with E-state index >= 15 is 0 Å².